The highest BCUT2D eigenvalue weighted by Crippen LogP contribution is 2.34. The lowest BCUT2D eigenvalue weighted by atomic mass is 10.1. The maximum absolute atomic E-state index is 6.06. The standard InChI is InChI=1S/C18H21NO3/c1-13-4-3-5-14(10-13)18(2)21-12-17(22-18)11-20-16-8-6-15(19)7-9-16/h3-10,17H,11-12,19H2,1-2H3. The van der Waals surface area contributed by atoms with Crippen LogP contribution < -0.4 is 10.5 Å². The fourth-order valence-electron chi connectivity index (χ4n) is 2.55. The van der Waals surface area contributed by atoms with Crippen LogP contribution in [0.15, 0.2) is 48.5 Å². The average Bonchev–Trinajstić information content (AvgIpc) is 2.90. The average molecular weight is 299 g/mol. The van der Waals surface area contributed by atoms with Gasteiger partial charge in [-0.25, -0.2) is 0 Å². The van der Waals surface area contributed by atoms with Gasteiger partial charge in [0.1, 0.15) is 18.5 Å². The third-order valence-corrected chi connectivity index (χ3v) is 3.79. The van der Waals surface area contributed by atoms with Crippen molar-refractivity contribution in [3.63, 3.8) is 0 Å². The Balaban J connectivity index is 1.61. The molecule has 0 bridgehead atoms. The van der Waals surface area contributed by atoms with Crippen LogP contribution in [0.3, 0.4) is 0 Å². The summed E-state index contributed by atoms with van der Waals surface area (Å²) in [6.45, 7) is 4.97. The molecule has 116 valence electrons. The van der Waals surface area contributed by atoms with Crippen LogP contribution in [0.1, 0.15) is 18.1 Å². The summed E-state index contributed by atoms with van der Waals surface area (Å²) in [6, 6.07) is 15.5. The van der Waals surface area contributed by atoms with Crippen LogP contribution >= 0.6 is 0 Å². The van der Waals surface area contributed by atoms with Crippen LogP contribution in [-0.2, 0) is 15.3 Å². The highest BCUT2D eigenvalue weighted by Gasteiger charge is 2.39. The zero-order valence-electron chi connectivity index (χ0n) is 12.9. The van der Waals surface area contributed by atoms with Gasteiger partial charge in [-0.1, -0.05) is 29.8 Å². The van der Waals surface area contributed by atoms with E-state index in [1.807, 2.05) is 43.3 Å². The number of aryl methyl sites for hydroxylation is 1. The Morgan fingerprint density at radius 2 is 2.00 bits per heavy atom. The normalized spacial score (nSPS) is 24.4. The molecule has 3 rings (SSSR count). The first-order valence-electron chi connectivity index (χ1n) is 7.42. The minimum absolute atomic E-state index is 0.0944. The molecule has 2 N–H and O–H groups in total. The number of ether oxygens (including phenoxy) is 3. The summed E-state index contributed by atoms with van der Waals surface area (Å²) in [5, 5.41) is 0. The number of benzene rings is 2. The van der Waals surface area contributed by atoms with Gasteiger partial charge in [0.25, 0.3) is 0 Å². The molecule has 0 amide bonds. The quantitative estimate of drug-likeness (QED) is 0.881. The number of hydrogen-bond donors (Lipinski definition) is 1. The van der Waals surface area contributed by atoms with E-state index in [1.54, 1.807) is 0 Å². The Morgan fingerprint density at radius 3 is 2.73 bits per heavy atom. The molecule has 0 spiro atoms. The van der Waals surface area contributed by atoms with Gasteiger partial charge in [0.15, 0.2) is 5.79 Å². The Labute approximate surface area is 130 Å². The van der Waals surface area contributed by atoms with Crippen LogP contribution in [0.25, 0.3) is 0 Å². The predicted molar refractivity (Wildman–Crippen MR) is 85.7 cm³/mol. The molecule has 2 unspecified atom stereocenters. The largest absolute Gasteiger partial charge is 0.491 e. The van der Waals surface area contributed by atoms with E-state index in [4.69, 9.17) is 19.9 Å². The molecule has 1 aliphatic rings. The van der Waals surface area contributed by atoms with Crippen molar-refractivity contribution in [3.05, 3.63) is 59.7 Å². The monoisotopic (exact) mass is 299 g/mol. The molecule has 2 aromatic carbocycles. The Morgan fingerprint density at radius 1 is 1.23 bits per heavy atom. The first-order valence-corrected chi connectivity index (χ1v) is 7.42. The molecule has 1 fully saturated rings. The maximum Gasteiger partial charge on any atom is 0.192 e. The van der Waals surface area contributed by atoms with Gasteiger partial charge in [-0.2, -0.15) is 0 Å². The van der Waals surface area contributed by atoms with Crippen LogP contribution in [0.5, 0.6) is 5.75 Å². The van der Waals surface area contributed by atoms with Crippen molar-refractivity contribution in [2.45, 2.75) is 25.7 Å². The molecule has 2 aromatic rings. The van der Waals surface area contributed by atoms with Gasteiger partial charge in [0.2, 0.25) is 0 Å². The molecule has 0 aromatic heterocycles. The summed E-state index contributed by atoms with van der Waals surface area (Å²) < 4.78 is 17.7. The minimum atomic E-state index is -0.707. The van der Waals surface area contributed by atoms with Crippen molar-refractivity contribution in [1.29, 1.82) is 0 Å². The van der Waals surface area contributed by atoms with Crippen molar-refractivity contribution in [1.82, 2.24) is 0 Å². The summed E-state index contributed by atoms with van der Waals surface area (Å²) in [5.41, 5.74) is 8.60. The van der Waals surface area contributed by atoms with Crippen LogP contribution in [-0.4, -0.2) is 19.3 Å². The van der Waals surface area contributed by atoms with Gasteiger partial charge < -0.3 is 19.9 Å². The Hall–Kier alpha value is -2.04. The molecule has 22 heavy (non-hydrogen) atoms. The molecular weight excluding hydrogens is 278 g/mol. The van der Waals surface area contributed by atoms with Gasteiger partial charge >= 0.3 is 0 Å². The van der Waals surface area contributed by atoms with E-state index >= 15 is 0 Å². The van der Waals surface area contributed by atoms with Crippen LogP contribution in [0.2, 0.25) is 0 Å². The third kappa shape index (κ3) is 3.24. The topological polar surface area (TPSA) is 53.7 Å². The molecule has 2 atom stereocenters. The van der Waals surface area contributed by atoms with E-state index in [1.165, 1.54) is 5.56 Å². The van der Waals surface area contributed by atoms with E-state index in [0.29, 0.717) is 13.2 Å². The third-order valence-electron chi connectivity index (χ3n) is 3.79. The first kappa shape index (κ1) is 14.9. The fraction of sp³-hybridized carbons (Fsp3) is 0.333. The second-order valence-electron chi connectivity index (χ2n) is 5.75. The summed E-state index contributed by atoms with van der Waals surface area (Å²) in [7, 11) is 0. The fourth-order valence-corrected chi connectivity index (χ4v) is 2.55. The Kier molecular flexibility index (Phi) is 4.05. The number of hydrogen-bond acceptors (Lipinski definition) is 4. The molecule has 0 radical (unpaired) electrons. The first-order chi connectivity index (χ1) is 10.5. The lowest BCUT2D eigenvalue weighted by Gasteiger charge is -2.24. The van der Waals surface area contributed by atoms with Crippen molar-refractivity contribution >= 4 is 5.69 Å². The van der Waals surface area contributed by atoms with Crippen molar-refractivity contribution < 1.29 is 14.2 Å². The molecule has 0 saturated carbocycles. The molecule has 4 heteroatoms. The van der Waals surface area contributed by atoms with Gasteiger partial charge in [-0.05, 0) is 38.1 Å². The number of nitrogens with two attached hydrogens (primary N) is 1. The Bertz CT molecular complexity index is 641. The zero-order chi connectivity index (χ0) is 15.6. The molecule has 0 aliphatic carbocycles. The second kappa shape index (κ2) is 5.99. The SMILES string of the molecule is Cc1cccc(C2(C)OCC(COc3ccc(N)cc3)O2)c1. The zero-order valence-corrected chi connectivity index (χ0v) is 12.9. The summed E-state index contributed by atoms with van der Waals surface area (Å²) in [6.07, 6.45) is -0.0944. The van der Waals surface area contributed by atoms with Crippen molar-refractivity contribution in [3.8, 4) is 5.75 Å². The van der Waals surface area contributed by atoms with E-state index in [0.717, 1.165) is 17.0 Å². The van der Waals surface area contributed by atoms with Gasteiger partial charge in [0, 0.05) is 11.3 Å². The van der Waals surface area contributed by atoms with E-state index in [9.17, 15) is 0 Å². The predicted octanol–water partition coefficient (Wildman–Crippen LogP) is 3.24. The lowest BCUT2D eigenvalue weighted by molar-refractivity contribution is -0.164. The second-order valence-corrected chi connectivity index (χ2v) is 5.75. The van der Waals surface area contributed by atoms with E-state index < -0.39 is 5.79 Å². The van der Waals surface area contributed by atoms with E-state index in [-0.39, 0.29) is 6.10 Å². The van der Waals surface area contributed by atoms with Gasteiger partial charge in [-0.3, -0.25) is 0 Å². The van der Waals surface area contributed by atoms with E-state index in [2.05, 4.69) is 19.1 Å². The summed E-state index contributed by atoms with van der Waals surface area (Å²) >= 11 is 0. The molecular formula is C18H21NO3. The molecule has 1 saturated heterocycles. The highest BCUT2D eigenvalue weighted by atomic mass is 16.7. The summed E-state index contributed by atoms with van der Waals surface area (Å²) in [4.78, 5) is 0. The highest BCUT2D eigenvalue weighted by molar-refractivity contribution is 5.41. The van der Waals surface area contributed by atoms with Gasteiger partial charge in [-0.15, -0.1) is 0 Å². The van der Waals surface area contributed by atoms with Crippen molar-refractivity contribution in [2.75, 3.05) is 18.9 Å². The summed E-state index contributed by atoms with van der Waals surface area (Å²) in [5.74, 6) is 0.0724. The lowest BCUT2D eigenvalue weighted by Crippen LogP contribution is -2.26. The minimum Gasteiger partial charge on any atom is -0.491 e. The van der Waals surface area contributed by atoms with Crippen LogP contribution in [0.4, 0.5) is 5.69 Å². The smallest absolute Gasteiger partial charge is 0.192 e. The molecule has 1 heterocycles. The number of nitrogen functional groups attached to an aromatic ring is 1. The van der Waals surface area contributed by atoms with Crippen LogP contribution in [0, 0.1) is 6.92 Å². The maximum atomic E-state index is 6.06. The number of rotatable bonds is 4. The molecule has 1 aliphatic heterocycles. The number of anilines is 1. The molecule has 4 nitrogen and oxygen atoms in total. The van der Waals surface area contributed by atoms with Crippen molar-refractivity contribution in [2.24, 2.45) is 0 Å². The van der Waals surface area contributed by atoms with Gasteiger partial charge in [0.05, 0.1) is 6.61 Å².